The number of ether oxygens (including phenoxy) is 5. The Hall–Kier alpha value is -3.19. The Morgan fingerprint density at radius 3 is 2.12 bits per heavy atom. The van der Waals surface area contributed by atoms with Gasteiger partial charge in [-0.1, -0.05) is 0 Å². The van der Waals surface area contributed by atoms with E-state index in [9.17, 15) is 14.4 Å². The summed E-state index contributed by atoms with van der Waals surface area (Å²) < 4.78 is 31.1. The molecule has 0 aliphatic heterocycles. The van der Waals surface area contributed by atoms with E-state index in [-0.39, 0.29) is 49.4 Å². The number of methoxy groups -OCH3 is 2. The highest BCUT2D eigenvalue weighted by Crippen LogP contribution is 2.28. The van der Waals surface area contributed by atoms with Crippen LogP contribution >= 0.6 is 0 Å². The zero-order valence-electron chi connectivity index (χ0n) is 19.8. The minimum absolute atomic E-state index is 0.0233. The Balaban J connectivity index is 3.61. The maximum Gasteiger partial charge on any atom is 0.344 e. The molecule has 1 aromatic rings. The van der Waals surface area contributed by atoms with Crippen LogP contribution in [0.3, 0.4) is 0 Å². The molecule has 0 unspecified atom stereocenters. The quantitative estimate of drug-likeness (QED) is 0.122. The van der Waals surface area contributed by atoms with Crippen LogP contribution in [0.1, 0.15) is 39.0 Å². The fourth-order valence-electron chi connectivity index (χ4n) is 2.84. The van der Waals surface area contributed by atoms with Crippen LogP contribution in [0.2, 0.25) is 0 Å². The maximum atomic E-state index is 13.0. The number of amidine groups is 1. The van der Waals surface area contributed by atoms with E-state index in [1.165, 1.54) is 14.2 Å². The van der Waals surface area contributed by atoms with E-state index in [4.69, 9.17) is 33.9 Å². The van der Waals surface area contributed by atoms with Crippen LogP contribution in [0.25, 0.3) is 0 Å². The van der Waals surface area contributed by atoms with E-state index in [0.29, 0.717) is 0 Å². The van der Waals surface area contributed by atoms with Crippen molar-refractivity contribution in [3.63, 3.8) is 0 Å². The lowest BCUT2D eigenvalue weighted by Crippen LogP contribution is -2.62. The maximum absolute atomic E-state index is 13.0. The van der Waals surface area contributed by atoms with Crippen molar-refractivity contribution < 1.29 is 42.6 Å². The van der Waals surface area contributed by atoms with E-state index >= 15 is 0 Å². The van der Waals surface area contributed by atoms with Crippen molar-refractivity contribution in [1.82, 2.24) is 10.5 Å². The zero-order valence-corrected chi connectivity index (χ0v) is 19.8. The zero-order chi connectivity index (χ0) is 25.0. The highest BCUT2D eigenvalue weighted by molar-refractivity contribution is 6.08. The number of carbonyl (C=O) groups is 3. The molecular weight excluding hydrogens is 440 g/mol. The number of aromatic nitrogens is 1. The van der Waals surface area contributed by atoms with Gasteiger partial charge in [0.15, 0.2) is 12.1 Å². The summed E-state index contributed by atoms with van der Waals surface area (Å²) in [6.45, 7) is 6.09. The van der Waals surface area contributed by atoms with Crippen molar-refractivity contribution in [2.75, 3.05) is 40.6 Å². The second-order valence-electron chi connectivity index (χ2n) is 6.56. The fraction of sp³-hybridized carbons (Fsp3) is 0.650. The van der Waals surface area contributed by atoms with Gasteiger partial charge >= 0.3 is 11.9 Å². The number of hydrogen-bond donors (Lipinski definition) is 2. The monoisotopic (exact) mass is 472 g/mol. The van der Waals surface area contributed by atoms with Gasteiger partial charge in [-0.05, 0) is 25.9 Å². The van der Waals surface area contributed by atoms with Gasteiger partial charge < -0.3 is 39.3 Å². The molecule has 33 heavy (non-hydrogen) atoms. The van der Waals surface area contributed by atoms with Gasteiger partial charge in [-0.2, -0.15) is 0 Å². The summed E-state index contributed by atoms with van der Waals surface area (Å²) in [6, 6.07) is 0. The van der Waals surface area contributed by atoms with Crippen LogP contribution in [0.5, 0.6) is 5.88 Å². The van der Waals surface area contributed by atoms with Gasteiger partial charge in [-0.15, -0.1) is 0 Å². The number of rotatable bonds is 14. The van der Waals surface area contributed by atoms with Gasteiger partial charge in [0.2, 0.25) is 17.2 Å². The fourth-order valence-corrected chi connectivity index (χ4v) is 2.84. The van der Waals surface area contributed by atoms with Gasteiger partial charge in [-0.25, -0.2) is 9.59 Å². The molecule has 13 nitrogen and oxygen atoms in total. The molecule has 1 amide bonds. The topological polar surface area (TPSA) is 174 Å². The first-order valence-electron chi connectivity index (χ1n) is 10.3. The Bertz CT molecular complexity index is 816. The molecule has 0 aromatic carbocycles. The van der Waals surface area contributed by atoms with Crippen molar-refractivity contribution in [3.05, 3.63) is 11.3 Å². The Labute approximate surface area is 191 Å². The van der Waals surface area contributed by atoms with Crippen molar-refractivity contribution >= 4 is 23.7 Å². The third kappa shape index (κ3) is 7.15. The molecule has 0 aliphatic carbocycles. The first-order chi connectivity index (χ1) is 15.7. The van der Waals surface area contributed by atoms with Crippen molar-refractivity contribution in [2.24, 2.45) is 10.7 Å². The number of nitrogens with two attached hydrogens (primary N) is 1. The predicted octanol–water partition coefficient (Wildman–Crippen LogP) is -0.0589. The average molecular weight is 472 g/mol. The van der Waals surface area contributed by atoms with Crippen molar-refractivity contribution in [2.45, 2.75) is 45.9 Å². The standard InChI is InChI=1S/C20H32N4O9/c1-7-30-17-13(15(33-24-17)16(21)22-11-14(28-5)29-6)10-20(23-12(4)25,18(26)31-8-2)19(27)32-9-3/h14H,7-11H2,1-6H3,(H2,21,22)(H,23,25). The van der Waals surface area contributed by atoms with Gasteiger partial charge in [-0.3, -0.25) is 9.79 Å². The third-order valence-corrected chi connectivity index (χ3v) is 4.28. The highest BCUT2D eigenvalue weighted by atomic mass is 16.7. The number of carbonyl (C=O) groups excluding carboxylic acids is 3. The molecule has 0 fully saturated rings. The van der Waals surface area contributed by atoms with Gasteiger partial charge in [0.25, 0.3) is 5.88 Å². The number of nitrogens with one attached hydrogen (secondary N) is 1. The first-order valence-corrected chi connectivity index (χ1v) is 10.3. The van der Waals surface area contributed by atoms with Crippen LogP contribution in [0.4, 0.5) is 0 Å². The molecule has 1 heterocycles. The molecule has 1 aromatic heterocycles. The highest BCUT2D eigenvalue weighted by Gasteiger charge is 2.52. The number of amides is 1. The molecule has 0 radical (unpaired) electrons. The minimum atomic E-state index is -2.24. The molecule has 13 heteroatoms. The molecule has 0 atom stereocenters. The Morgan fingerprint density at radius 2 is 1.67 bits per heavy atom. The molecule has 0 aliphatic rings. The third-order valence-electron chi connectivity index (χ3n) is 4.28. The van der Waals surface area contributed by atoms with Crippen LogP contribution in [0, 0.1) is 0 Å². The lowest BCUT2D eigenvalue weighted by atomic mass is 9.90. The predicted molar refractivity (Wildman–Crippen MR) is 115 cm³/mol. The molecule has 1 rings (SSSR count). The minimum Gasteiger partial charge on any atom is -0.476 e. The molecule has 0 bridgehead atoms. The smallest absolute Gasteiger partial charge is 0.344 e. The summed E-state index contributed by atoms with van der Waals surface area (Å²) in [6.07, 6.45) is -1.15. The number of nitrogens with zero attached hydrogens (tertiary/aromatic N) is 2. The normalized spacial score (nSPS) is 11.9. The molecule has 0 saturated carbocycles. The van der Waals surface area contributed by atoms with E-state index < -0.39 is 36.1 Å². The Morgan fingerprint density at radius 1 is 1.09 bits per heavy atom. The molecule has 0 saturated heterocycles. The van der Waals surface area contributed by atoms with Gasteiger partial charge in [0.05, 0.1) is 31.9 Å². The lowest BCUT2D eigenvalue weighted by Gasteiger charge is -2.29. The summed E-state index contributed by atoms with van der Waals surface area (Å²) >= 11 is 0. The summed E-state index contributed by atoms with van der Waals surface area (Å²) in [5, 5.41) is 6.20. The van der Waals surface area contributed by atoms with E-state index in [1.807, 2.05) is 0 Å². The van der Waals surface area contributed by atoms with Crippen molar-refractivity contribution in [3.8, 4) is 5.88 Å². The number of aliphatic imine (C=N–C) groups is 1. The summed E-state index contributed by atoms with van der Waals surface area (Å²) in [7, 11) is 2.88. The largest absolute Gasteiger partial charge is 0.476 e. The van der Waals surface area contributed by atoms with E-state index in [2.05, 4.69) is 15.5 Å². The van der Waals surface area contributed by atoms with Gasteiger partial charge in [0.1, 0.15) is 0 Å². The second kappa shape index (κ2) is 13.4. The summed E-state index contributed by atoms with van der Waals surface area (Å²) in [5.41, 5.74) is 3.95. The van der Waals surface area contributed by atoms with E-state index in [0.717, 1.165) is 6.92 Å². The lowest BCUT2D eigenvalue weighted by molar-refractivity contribution is -0.168. The molecule has 3 N–H and O–H groups in total. The SMILES string of the molecule is CCOC(=O)C(Cc1c(OCC)noc1C(N)=NCC(OC)OC)(NC(C)=O)C(=O)OCC. The second-order valence-corrected chi connectivity index (χ2v) is 6.56. The summed E-state index contributed by atoms with van der Waals surface area (Å²) in [5.74, 6) is -2.94. The molecular formula is C20H32N4O9. The molecule has 0 spiro atoms. The van der Waals surface area contributed by atoms with Crippen molar-refractivity contribution in [1.29, 1.82) is 0 Å². The van der Waals surface area contributed by atoms with Crippen LogP contribution in [0.15, 0.2) is 9.52 Å². The number of esters is 2. The van der Waals surface area contributed by atoms with E-state index in [1.54, 1.807) is 20.8 Å². The molecule has 186 valence electrons. The van der Waals surface area contributed by atoms with Crippen LogP contribution in [-0.4, -0.2) is 81.3 Å². The summed E-state index contributed by atoms with van der Waals surface area (Å²) in [4.78, 5) is 42.1. The van der Waals surface area contributed by atoms with Crippen LogP contribution < -0.4 is 15.8 Å². The van der Waals surface area contributed by atoms with Crippen LogP contribution in [-0.2, 0) is 39.8 Å². The average Bonchev–Trinajstić information content (AvgIpc) is 3.16. The number of hydrogen-bond acceptors (Lipinski definition) is 11. The Kier molecular flexibility index (Phi) is 11.3. The van der Waals surface area contributed by atoms with Gasteiger partial charge in [0, 0.05) is 27.6 Å². The first kappa shape index (κ1) is 27.8.